The second kappa shape index (κ2) is 16.9. The van der Waals surface area contributed by atoms with Crippen LogP contribution >= 0.6 is 0 Å². The molecule has 0 saturated carbocycles. The summed E-state index contributed by atoms with van der Waals surface area (Å²) in [6.07, 6.45) is 31.3. The summed E-state index contributed by atoms with van der Waals surface area (Å²) >= 11 is 0. The molecule has 0 amide bonds. The molecule has 4 rings (SSSR count). The molecule has 0 heterocycles. The lowest BCUT2D eigenvalue weighted by Gasteiger charge is -2.22. The second-order valence-electron chi connectivity index (χ2n) is 12.7. The summed E-state index contributed by atoms with van der Waals surface area (Å²) in [7, 11) is 0. The Bertz CT molecular complexity index is 1000. The van der Waals surface area contributed by atoms with E-state index in [0.29, 0.717) is 0 Å². The molecule has 39 heavy (non-hydrogen) atoms. The molecule has 2 aromatic carbocycles. The van der Waals surface area contributed by atoms with Gasteiger partial charge in [0.2, 0.25) is 0 Å². The van der Waals surface area contributed by atoms with Crippen LogP contribution in [0.2, 0.25) is 0 Å². The van der Waals surface area contributed by atoms with Gasteiger partial charge in [-0.1, -0.05) is 158 Å². The van der Waals surface area contributed by atoms with E-state index in [1.807, 2.05) is 0 Å². The Hall–Kier alpha value is -2.08. The van der Waals surface area contributed by atoms with Crippen LogP contribution in [-0.4, -0.2) is 0 Å². The summed E-state index contributed by atoms with van der Waals surface area (Å²) in [5.74, 6) is 1.83. The van der Waals surface area contributed by atoms with E-state index >= 15 is 0 Å². The van der Waals surface area contributed by atoms with Gasteiger partial charge in [-0.2, -0.15) is 0 Å². The van der Waals surface area contributed by atoms with Gasteiger partial charge in [0, 0.05) is 0 Å². The summed E-state index contributed by atoms with van der Waals surface area (Å²) in [6.45, 7) is 4.61. The molecule has 0 N–H and O–H groups in total. The van der Waals surface area contributed by atoms with Gasteiger partial charge in [0.25, 0.3) is 0 Å². The third-order valence-corrected chi connectivity index (χ3v) is 9.57. The van der Waals surface area contributed by atoms with Crippen molar-refractivity contribution >= 4 is 11.1 Å². The van der Waals surface area contributed by atoms with Gasteiger partial charge in [-0.25, -0.2) is 0 Å². The molecule has 0 bridgehead atoms. The molecule has 0 nitrogen and oxygen atoms in total. The van der Waals surface area contributed by atoms with Crippen LogP contribution < -0.4 is 0 Å². The maximum Gasteiger partial charge on any atom is -0.0184 e. The van der Waals surface area contributed by atoms with E-state index in [1.165, 1.54) is 144 Å². The van der Waals surface area contributed by atoms with Gasteiger partial charge in [0.05, 0.1) is 0 Å². The Morgan fingerprint density at radius 2 is 0.821 bits per heavy atom. The van der Waals surface area contributed by atoms with Crippen LogP contribution in [0.3, 0.4) is 0 Å². The Morgan fingerprint density at radius 1 is 0.462 bits per heavy atom. The van der Waals surface area contributed by atoms with Crippen molar-refractivity contribution in [2.24, 2.45) is 11.8 Å². The quantitative estimate of drug-likeness (QED) is 0.192. The van der Waals surface area contributed by atoms with Gasteiger partial charge < -0.3 is 0 Å². The van der Waals surface area contributed by atoms with E-state index < -0.39 is 0 Å². The Labute approximate surface area is 241 Å². The van der Waals surface area contributed by atoms with Crippen molar-refractivity contribution in [2.75, 3.05) is 0 Å². The Morgan fingerprint density at radius 3 is 1.23 bits per heavy atom. The largest absolute Gasteiger partial charge is 0.0804 e. The highest BCUT2D eigenvalue weighted by Gasteiger charge is 2.16. The zero-order valence-corrected chi connectivity index (χ0v) is 25.4. The van der Waals surface area contributed by atoms with Crippen LogP contribution in [0.15, 0.2) is 60.7 Å². The number of hydrogen-bond acceptors (Lipinski definition) is 0. The average Bonchev–Trinajstić information content (AvgIpc) is 3.00. The number of rotatable bonds is 16. The first-order valence-electron chi connectivity index (χ1n) is 16.9. The normalized spacial score (nSPS) is 19.5. The summed E-state index contributed by atoms with van der Waals surface area (Å²) in [5, 5.41) is 0. The molecule has 2 aliphatic rings. The van der Waals surface area contributed by atoms with Gasteiger partial charge >= 0.3 is 0 Å². The maximum absolute atomic E-state index is 2.55. The molecule has 0 fully saturated rings. The molecular formula is C39H56. The monoisotopic (exact) mass is 524 g/mol. The minimum Gasteiger partial charge on any atom is -0.0804 e. The third-order valence-electron chi connectivity index (χ3n) is 9.57. The molecule has 0 aliphatic heterocycles. The van der Waals surface area contributed by atoms with Gasteiger partial charge in [0.15, 0.2) is 0 Å². The van der Waals surface area contributed by atoms with Crippen LogP contribution in [0.25, 0.3) is 22.3 Å². The lowest BCUT2D eigenvalue weighted by Crippen LogP contribution is -2.05. The summed E-state index contributed by atoms with van der Waals surface area (Å²) in [6, 6.07) is 18.7. The van der Waals surface area contributed by atoms with Crippen molar-refractivity contribution in [2.45, 2.75) is 136 Å². The molecule has 0 radical (unpaired) electrons. The molecule has 2 aromatic rings. The second-order valence-corrected chi connectivity index (χ2v) is 12.7. The Kier molecular flexibility index (Phi) is 12.9. The minimum atomic E-state index is 0.915. The highest BCUT2D eigenvalue weighted by atomic mass is 14.2. The maximum atomic E-state index is 2.55. The number of unbranched alkanes of at least 4 members (excludes halogenated alkanes) is 9. The van der Waals surface area contributed by atoms with Gasteiger partial charge in [-0.3, -0.25) is 0 Å². The molecule has 0 spiro atoms. The van der Waals surface area contributed by atoms with Crippen LogP contribution in [0, 0.1) is 11.8 Å². The van der Waals surface area contributed by atoms with Gasteiger partial charge in [-0.15, -0.1) is 0 Å². The SMILES string of the molecule is CCCCCCCCCCC1CC=C(c2ccc(-c3ccc(C4=CCC(CCCCC)CC4)cc3)cc2)CC1. The van der Waals surface area contributed by atoms with E-state index in [1.54, 1.807) is 11.1 Å². The van der Waals surface area contributed by atoms with Crippen molar-refractivity contribution in [3.63, 3.8) is 0 Å². The number of benzene rings is 2. The van der Waals surface area contributed by atoms with Crippen molar-refractivity contribution < 1.29 is 0 Å². The zero-order valence-electron chi connectivity index (χ0n) is 25.4. The molecule has 0 saturated heterocycles. The minimum absolute atomic E-state index is 0.915. The summed E-state index contributed by atoms with van der Waals surface area (Å²) in [4.78, 5) is 0. The van der Waals surface area contributed by atoms with Crippen LogP contribution in [0.1, 0.15) is 147 Å². The Balaban J connectivity index is 1.20. The predicted molar refractivity (Wildman–Crippen MR) is 174 cm³/mol. The van der Waals surface area contributed by atoms with Crippen molar-refractivity contribution in [3.8, 4) is 11.1 Å². The fourth-order valence-electron chi connectivity index (χ4n) is 6.83. The fourth-order valence-corrected chi connectivity index (χ4v) is 6.83. The molecule has 0 heteroatoms. The molecule has 0 aromatic heterocycles. The summed E-state index contributed by atoms with van der Waals surface area (Å²) < 4.78 is 0. The molecule has 212 valence electrons. The predicted octanol–water partition coefficient (Wildman–Crippen LogP) is 12.8. The van der Waals surface area contributed by atoms with E-state index in [4.69, 9.17) is 0 Å². The van der Waals surface area contributed by atoms with Crippen molar-refractivity contribution in [1.29, 1.82) is 0 Å². The smallest absolute Gasteiger partial charge is 0.0184 e. The number of hydrogen-bond donors (Lipinski definition) is 0. The van der Waals surface area contributed by atoms with Crippen molar-refractivity contribution in [3.05, 3.63) is 71.8 Å². The topological polar surface area (TPSA) is 0 Å². The van der Waals surface area contributed by atoms with E-state index in [0.717, 1.165) is 11.8 Å². The van der Waals surface area contributed by atoms with E-state index in [-0.39, 0.29) is 0 Å². The third kappa shape index (κ3) is 9.81. The lowest BCUT2D eigenvalue weighted by atomic mass is 9.83. The van der Waals surface area contributed by atoms with Crippen LogP contribution in [-0.2, 0) is 0 Å². The first-order valence-corrected chi connectivity index (χ1v) is 16.9. The standard InChI is InChI=1S/C39H56/c1-3-5-7-8-9-10-11-13-15-33-18-22-35(23-19-33)37-26-30-39(31-27-37)38-28-24-36(25-29-38)34-20-16-32(17-21-34)14-12-6-4-2/h20,22,24-33H,3-19,21,23H2,1-2H3. The molecule has 2 unspecified atom stereocenters. The lowest BCUT2D eigenvalue weighted by molar-refractivity contribution is 0.422. The number of allylic oxidation sites excluding steroid dienone is 4. The molecule has 2 aliphatic carbocycles. The zero-order chi connectivity index (χ0) is 27.1. The van der Waals surface area contributed by atoms with E-state index in [9.17, 15) is 0 Å². The van der Waals surface area contributed by atoms with E-state index in [2.05, 4.69) is 74.5 Å². The highest BCUT2D eigenvalue weighted by Crippen LogP contribution is 2.35. The molecular weight excluding hydrogens is 468 g/mol. The van der Waals surface area contributed by atoms with Gasteiger partial charge in [0.1, 0.15) is 0 Å². The van der Waals surface area contributed by atoms with Crippen molar-refractivity contribution in [1.82, 2.24) is 0 Å². The molecule has 2 atom stereocenters. The highest BCUT2D eigenvalue weighted by molar-refractivity contribution is 5.73. The first kappa shape index (κ1) is 29.9. The van der Waals surface area contributed by atoms with Gasteiger partial charge in [-0.05, 0) is 83.8 Å². The fraction of sp³-hybridized carbons (Fsp3) is 0.590. The van der Waals surface area contributed by atoms with Crippen LogP contribution in [0.4, 0.5) is 0 Å². The van der Waals surface area contributed by atoms with Crippen LogP contribution in [0.5, 0.6) is 0 Å². The summed E-state index contributed by atoms with van der Waals surface area (Å²) in [5.41, 5.74) is 8.66. The average molecular weight is 525 g/mol. The first-order chi connectivity index (χ1) is 19.3.